The third-order valence-corrected chi connectivity index (χ3v) is 3.75. The zero-order valence-electron chi connectivity index (χ0n) is 12.3. The van der Waals surface area contributed by atoms with Gasteiger partial charge in [-0.15, -0.1) is 0 Å². The monoisotopic (exact) mass is 258 g/mol. The van der Waals surface area contributed by atoms with Crippen molar-refractivity contribution < 1.29 is 0 Å². The number of nitrogens with one attached hydrogen (secondary N) is 1. The van der Waals surface area contributed by atoms with Crippen LogP contribution < -0.4 is 0 Å². The lowest BCUT2D eigenvalue weighted by atomic mass is 10.1. The van der Waals surface area contributed by atoms with Gasteiger partial charge in [0.1, 0.15) is 0 Å². The first kappa shape index (κ1) is 14.1. The normalized spacial score (nSPS) is 11.5. The van der Waals surface area contributed by atoms with Gasteiger partial charge in [0.15, 0.2) is 0 Å². The van der Waals surface area contributed by atoms with Gasteiger partial charge in [-0.2, -0.15) is 0 Å². The molecule has 2 heteroatoms. The Morgan fingerprint density at radius 3 is 2.68 bits per heavy atom. The summed E-state index contributed by atoms with van der Waals surface area (Å²) in [5, 5.41) is 1.38. The molecule has 2 aromatic rings. The molecule has 2 rings (SSSR count). The van der Waals surface area contributed by atoms with Crippen molar-refractivity contribution in [2.75, 3.05) is 19.6 Å². The lowest BCUT2D eigenvalue weighted by Crippen LogP contribution is -2.28. The lowest BCUT2D eigenvalue weighted by Gasteiger charge is -2.21. The first-order valence-corrected chi connectivity index (χ1v) is 7.62. The molecule has 0 radical (unpaired) electrons. The minimum atomic E-state index is 1.15. The maximum absolute atomic E-state index is 3.29. The van der Waals surface area contributed by atoms with Crippen molar-refractivity contribution in [3.63, 3.8) is 0 Å². The molecule has 1 aromatic carbocycles. The standard InChI is InChI=1S/C17H26N2/c1-3-5-13-19(12-4-2)14-10-15-7-6-8-17-16(15)9-11-18-17/h6-9,11,18H,3-5,10,12-14H2,1-2H3. The number of aromatic amines is 1. The highest BCUT2D eigenvalue weighted by Gasteiger charge is 2.06. The SMILES string of the molecule is CCCCN(CCC)CCc1cccc2[nH]ccc12. The van der Waals surface area contributed by atoms with Gasteiger partial charge in [0.2, 0.25) is 0 Å². The van der Waals surface area contributed by atoms with Gasteiger partial charge >= 0.3 is 0 Å². The number of hydrogen-bond acceptors (Lipinski definition) is 1. The Morgan fingerprint density at radius 2 is 1.89 bits per heavy atom. The molecular formula is C17H26N2. The highest BCUT2D eigenvalue weighted by molar-refractivity contribution is 5.82. The average molecular weight is 258 g/mol. The van der Waals surface area contributed by atoms with Crippen LogP contribution in [0.15, 0.2) is 30.5 Å². The van der Waals surface area contributed by atoms with Gasteiger partial charge in [-0.3, -0.25) is 0 Å². The summed E-state index contributed by atoms with van der Waals surface area (Å²) in [6, 6.07) is 8.77. The van der Waals surface area contributed by atoms with Gasteiger partial charge in [-0.1, -0.05) is 32.4 Å². The Kier molecular flexibility index (Phi) is 5.46. The molecular weight excluding hydrogens is 232 g/mol. The van der Waals surface area contributed by atoms with Crippen LogP contribution in [0.3, 0.4) is 0 Å². The third kappa shape index (κ3) is 3.84. The topological polar surface area (TPSA) is 19.0 Å². The van der Waals surface area contributed by atoms with Crippen molar-refractivity contribution in [1.82, 2.24) is 9.88 Å². The fourth-order valence-corrected chi connectivity index (χ4v) is 2.68. The van der Waals surface area contributed by atoms with E-state index >= 15 is 0 Å². The van der Waals surface area contributed by atoms with Gasteiger partial charge < -0.3 is 9.88 Å². The Labute approximate surface area is 116 Å². The van der Waals surface area contributed by atoms with Gasteiger partial charge in [-0.25, -0.2) is 0 Å². The van der Waals surface area contributed by atoms with E-state index in [0.29, 0.717) is 0 Å². The van der Waals surface area contributed by atoms with Crippen molar-refractivity contribution >= 4 is 10.9 Å². The van der Waals surface area contributed by atoms with Crippen LogP contribution in [0, 0.1) is 0 Å². The smallest absolute Gasteiger partial charge is 0.0456 e. The first-order chi connectivity index (χ1) is 9.35. The number of rotatable bonds is 8. The summed E-state index contributed by atoms with van der Waals surface area (Å²) >= 11 is 0. The maximum Gasteiger partial charge on any atom is 0.0456 e. The average Bonchev–Trinajstić information content (AvgIpc) is 2.90. The molecule has 1 heterocycles. The second-order valence-corrected chi connectivity index (χ2v) is 5.30. The van der Waals surface area contributed by atoms with Crippen LogP contribution in [-0.2, 0) is 6.42 Å². The van der Waals surface area contributed by atoms with Crippen LogP contribution in [-0.4, -0.2) is 29.5 Å². The van der Waals surface area contributed by atoms with Crippen LogP contribution in [0.2, 0.25) is 0 Å². The van der Waals surface area contributed by atoms with E-state index in [4.69, 9.17) is 0 Å². The molecule has 0 unspecified atom stereocenters. The summed E-state index contributed by atoms with van der Waals surface area (Å²) in [6.45, 7) is 8.19. The van der Waals surface area contributed by atoms with E-state index < -0.39 is 0 Å². The minimum Gasteiger partial charge on any atom is -0.361 e. The fourth-order valence-electron chi connectivity index (χ4n) is 2.68. The van der Waals surface area contributed by atoms with Crippen molar-refractivity contribution in [2.24, 2.45) is 0 Å². The molecule has 0 aliphatic heterocycles. The minimum absolute atomic E-state index is 1.15. The molecule has 2 nitrogen and oxygen atoms in total. The van der Waals surface area contributed by atoms with Crippen LogP contribution in [0.4, 0.5) is 0 Å². The van der Waals surface area contributed by atoms with E-state index in [2.05, 4.69) is 48.0 Å². The van der Waals surface area contributed by atoms with E-state index in [1.54, 1.807) is 0 Å². The van der Waals surface area contributed by atoms with E-state index in [1.807, 2.05) is 6.20 Å². The van der Waals surface area contributed by atoms with Crippen LogP contribution in [0.1, 0.15) is 38.7 Å². The second kappa shape index (κ2) is 7.34. The van der Waals surface area contributed by atoms with E-state index in [9.17, 15) is 0 Å². The van der Waals surface area contributed by atoms with Crippen molar-refractivity contribution in [3.8, 4) is 0 Å². The Hall–Kier alpha value is -1.28. The predicted octanol–water partition coefficient (Wildman–Crippen LogP) is 4.22. The number of aromatic nitrogens is 1. The van der Waals surface area contributed by atoms with Gasteiger partial charge in [0.25, 0.3) is 0 Å². The van der Waals surface area contributed by atoms with E-state index in [0.717, 1.165) is 6.42 Å². The number of unbranched alkanes of at least 4 members (excludes halogenated alkanes) is 1. The fraction of sp³-hybridized carbons (Fsp3) is 0.529. The van der Waals surface area contributed by atoms with Crippen LogP contribution >= 0.6 is 0 Å². The van der Waals surface area contributed by atoms with Crippen molar-refractivity contribution in [2.45, 2.75) is 39.5 Å². The molecule has 1 aromatic heterocycles. The highest BCUT2D eigenvalue weighted by Crippen LogP contribution is 2.18. The number of benzene rings is 1. The number of nitrogens with zero attached hydrogens (tertiary/aromatic N) is 1. The first-order valence-electron chi connectivity index (χ1n) is 7.62. The molecule has 1 N–H and O–H groups in total. The largest absolute Gasteiger partial charge is 0.361 e. The molecule has 0 bridgehead atoms. The van der Waals surface area contributed by atoms with Crippen LogP contribution in [0.25, 0.3) is 10.9 Å². The molecule has 0 spiro atoms. The lowest BCUT2D eigenvalue weighted by molar-refractivity contribution is 0.273. The molecule has 104 valence electrons. The second-order valence-electron chi connectivity index (χ2n) is 5.30. The molecule has 0 saturated carbocycles. The molecule has 0 aliphatic carbocycles. The summed E-state index contributed by atoms with van der Waals surface area (Å²) in [7, 11) is 0. The summed E-state index contributed by atoms with van der Waals surface area (Å²) in [5.41, 5.74) is 2.73. The summed E-state index contributed by atoms with van der Waals surface area (Å²) in [4.78, 5) is 5.90. The van der Waals surface area contributed by atoms with Crippen molar-refractivity contribution in [3.05, 3.63) is 36.0 Å². The molecule has 19 heavy (non-hydrogen) atoms. The quantitative estimate of drug-likeness (QED) is 0.751. The highest BCUT2D eigenvalue weighted by atomic mass is 15.1. The molecule has 0 fully saturated rings. The van der Waals surface area contributed by atoms with Gasteiger partial charge in [-0.05, 0) is 50.0 Å². The Bertz CT molecular complexity index is 487. The van der Waals surface area contributed by atoms with Gasteiger partial charge in [0, 0.05) is 23.6 Å². The summed E-state index contributed by atoms with van der Waals surface area (Å²) in [6.07, 6.45) is 7.04. The summed E-state index contributed by atoms with van der Waals surface area (Å²) in [5.74, 6) is 0. The van der Waals surface area contributed by atoms with Crippen molar-refractivity contribution in [1.29, 1.82) is 0 Å². The third-order valence-electron chi connectivity index (χ3n) is 3.75. The maximum atomic E-state index is 3.29. The Morgan fingerprint density at radius 1 is 1.00 bits per heavy atom. The number of fused-ring (bicyclic) bond motifs is 1. The Balaban J connectivity index is 1.97. The van der Waals surface area contributed by atoms with Crippen LogP contribution in [0.5, 0.6) is 0 Å². The molecule has 0 atom stereocenters. The molecule has 0 amide bonds. The molecule has 0 saturated heterocycles. The zero-order valence-corrected chi connectivity index (χ0v) is 12.3. The van der Waals surface area contributed by atoms with E-state index in [1.165, 1.54) is 55.4 Å². The van der Waals surface area contributed by atoms with E-state index in [-0.39, 0.29) is 0 Å². The van der Waals surface area contributed by atoms with Gasteiger partial charge in [0.05, 0.1) is 0 Å². The number of hydrogen-bond donors (Lipinski definition) is 1. The zero-order chi connectivity index (χ0) is 13.5. The predicted molar refractivity (Wildman–Crippen MR) is 83.6 cm³/mol. The molecule has 0 aliphatic rings. The summed E-state index contributed by atoms with van der Waals surface area (Å²) < 4.78 is 0. The number of H-pyrrole nitrogens is 1.